The SMILES string of the molecule is NC1CCS(=O)(=O)CC1c1ccccc1F. The van der Waals surface area contributed by atoms with Crippen molar-refractivity contribution in [2.45, 2.75) is 18.4 Å². The van der Waals surface area contributed by atoms with Gasteiger partial charge in [-0.15, -0.1) is 0 Å². The van der Waals surface area contributed by atoms with Crippen molar-refractivity contribution >= 4 is 9.84 Å². The Morgan fingerprint density at radius 1 is 1.31 bits per heavy atom. The van der Waals surface area contributed by atoms with Gasteiger partial charge in [0.2, 0.25) is 0 Å². The van der Waals surface area contributed by atoms with Crippen LogP contribution in [0.15, 0.2) is 24.3 Å². The maximum atomic E-state index is 13.5. The van der Waals surface area contributed by atoms with Crippen LogP contribution >= 0.6 is 0 Å². The Hall–Kier alpha value is -0.940. The summed E-state index contributed by atoms with van der Waals surface area (Å²) in [6, 6.07) is 5.96. The molecule has 16 heavy (non-hydrogen) atoms. The van der Waals surface area contributed by atoms with Crippen LogP contribution in [0.2, 0.25) is 0 Å². The summed E-state index contributed by atoms with van der Waals surface area (Å²) in [6.45, 7) is 0. The van der Waals surface area contributed by atoms with E-state index in [0.29, 0.717) is 12.0 Å². The van der Waals surface area contributed by atoms with Gasteiger partial charge in [-0.3, -0.25) is 0 Å². The second-order valence-corrected chi connectivity index (χ2v) is 6.42. The Labute approximate surface area is 94.4 Å². The van der Waals surface area contributed by atoms with Crippen LogP contribution < -0.4 is 5.73 Å². The molecule has 2 N–H and O–H groups in total. The summed E-state index contributed by atoms with van der Waals surface area (Å²) in [4.78, 5) is 0. The number of halogens is 1. The van der Waals surface area contributed by atoms with E-state index in [1.165, 1.54) is 6.07 Å². The molecule has 2 atom stereocenters. The van der Waals surface area contributed by atoms with Crippen molar-refractivity contribution in [3.05, 3.63) is 35.6 Å². The molecule has 1 aliphatic heterocycles. The maximum absolute atomic E-state index is 13.5. The first-order valence-corrected chi connectivity index (χ1v) is 7.02. The Morgan fingerprint density at radius 3 is 2.69 bits per heavy atom. The summed E-state index contributed by atoms with van der Waals surface area (Å²) >= 11 is 0. The molecule has 1 aromatic rings. The zero-order valence-electron chi connectivity index (χ0n) is 8.77. The van der Waals surface area contributed by atoms with E-state index in [0.717, 1.165) is 0 Å². The molecule has 5 heteroatoms. The van der Waals surface area contributed by atoms with Gasteiger partial charge in [0.05, 0.1) is 11.5 Å². The van der Waals surface area contributed by atoms with Gasteiger partial charge in [-0.1, -0.05) is 18.2 Å². The van der Waals surface area contributed by atoms with Gasteiger partial charge in [-0.2, -0.15) is 0 Å². The van der Waals surface area contributed by atoms with Crippen molar-refractivity contribution in [1.29, 1.82) is 0 Å². The topological polar surface area (TPSA) is 60.2 Å². The molecular formula is C11H14FNO2S. The van der Waals surface area contributed by atoms with E-state index in [2.05, 4.69) is 0 Å². The van der Waals surface area contributed by atoms with Crippen LogP contribution in [0, 0.1) is 5.82 Å². The van der Waals surface area contributed by atoms with Gasteiger partial charge < -0.3 is 5.73 Å². The highest BCUT2D eigenvalue weighted by Crippen LogP contribution is 2.29. The van der Waals surface area contributed by atoms with E-state index < -0.39 is 15.8 Å². The van der Waals surface area contributed by atoms with Crippen molar-refractivity contribution in [2.75, 3.05) is 11.5 Å². The number of sulfone groups is 1. The van der Waals surface area contributed by atoms with Gasteiger partial charge in [0, 0.05) is 12.0 Å². The normalized spacial score (nSPS) is 28.9. The first kappa shape index (κ1) is 11.5. The van der Waals surface area contributed by atoms with Gasteiger partial charge in [-0.25, -0.2) is 12.8 Å². The molecule has 88 valence electrons. The molecule has 0 spiro atoms. The molecule has 2 rings (SSSR count). The fraction of sp³-hybridized carbons (Fsp3) is 0.455. The molecular weight excluding hydrogens is 229 g/mol. The molecule has 0 aliphatic carbocycles. The monoisotopic (exact) mass is 243 g/mol. The molecule has 2 unspecified atom stereocenters. The van der Waals surface area contributed by atoms with Gasteiger partial charge in [0.25, 0.3) is 0 Å². The van der Waals surface area contributed by atoms with Crippen molar-refractivity contribution in [2.24, 2.45) is 5.73 Å². The second-order valence-electron chi connectivity index (χ2n) is 4.19. The average Bonchev–Trinajstić information content (AvgIpc) is 2.23. The zero-order chi connectivity index (χ0) is 11.8. The van der Waals surface area contributed by atoms with Crippen LogP contribution in [-0.2, 0) is 9.84 Å². The third kappa shape index (κ3) is 2.25. The maximum Gasteiger partial charge on any atom is 0.151 e. The zero-order valence-corrected chi connectivity index (χ0v) is 9.58. The van der Waals surface area contributed by atoms with E-state index in [4.69, 9.17) is 5.73 Å². The minimum Gasteiger partial charge on any atom is -0.327 e. The second kappa shape index (κ2) is 4.14. The van der Waals surface area contributed by atoms with E-state index in [9.17, 15) is 12.8 Å². The molecule has 1 heterocycles. The van der Waals surface area contributed by atoms with Crippen LogP contribution in [0.1, 0.15) is 17.9 Å². The summed E-state index contributed by atoms with van der Waals surface area (Å²) in [5.41, 5.74) is 6.28. The Bertz CT molecular complexity index is 487. The molecule has 1 saturated heterocycles. The molecule has 1 aliphatic rings. The van der Waals surface area contributed by atoms with Crippen LogP contribution in [0.4, 0.5) is 4.39 Å². The first-order chi connectivity index (χ1) is 7.49. The Balaban J connectivity index is 2.36. The molecule has 0 amide bonds. The number of hydrogen-bond acceptors (Lipinski definition) is 3. The molecule has 0 saturated carbocycles. The van der Waals surface area contributed by atoms with Crippen LogP contribution in [0.25, 0.3) is 0 Å². The van der Waals surface area contributed by atoms with Gasteiger partial charge in [0.1, 0.15) is 5.82 Å². The third-order valence-corrected chi connectivity index (χ3v) is 4.74. The van der Waals surface area contributed by atoms with Crippen molar-refractivity contribution in [1.82, 2.24) is 0 Å². The lowest BCUT2D eigenvalue weighted by Gasteiger charge is -2.28. The number of benzene rings is 1. The predicted octanol–water partition coefficient (Wildman–Crippen LogP) is 1.06. The first-order valence-electron chi connectivity index (χ1n) is 5.20. The van der Waals surface area contributed by atoms with Crippen molar-refractivity contribution < 1.29 is 12.8 Å². The average molecular weight is 243 g/mol. The molecule has 1 fully saturated rings. The standard InChI is InChI=1S/C11H14FNO2S/c12-10-4-2-1-3-8(10)9-7-16(14,15)6-5-11(9)13/h1-4,9,11H,5-7,13H2. The Kier molecular flexibility index (Phi) is 2.99. The largest absolute Gasteiger partial charge is 0.327 e. The summed E-state index contributed by atoms with van der Waals surface area (Å²) in [7, 11) is -3.08. The fourth-order valence-electron chi connectivity index (χ4n) is 2.09. The number of nitrogens with two attached hydrogens (primary N) is 1. The van der Waals surface area contributed by atoms with Crippen LogP contribution in [-0.4, -0.2) is 26.0 Å². The van der Waals surface area contributed by atoms with Crippen molar-refractivity contribution in [3.63, 3.8) is 0 Å². The van der Waals surface area contributed by atoms with Gasteiger partial charge in [-0.05, 0) is 18.1 Å². The number of hydrogen-bond donors (Lipinski definition) is 1. The van der Waals surface area contributed by atoms with Gasteiger partial charge >= 0.3 is 0 Å². The predicted molar refractivity (Wildman–Crippen MR) is 60.4 cm³/mol. The lowest BCUT2D eigenvalue weighted by Crippen LogP contribution is -2.40. The fourth-order valence-corrected chi connectivity index (χ4v) is 3.87. The van der Waals surface area contributed by atoms with Crippen LogP contribution in [0.5, 0.6) is 0 Å². The van der Waals surface area contributed by atoms with Gasteiger partial charge in [0.15, 0.2) is 9.84 Å². The highest BCUT2D eigenvalue weighted by molar-refractivity contribution is 7.91. The third-order valence-electron chi connectivity index (χ3n) is 3.02. The summed E-state index contributed by atoms with van der Waals surface area (Å²) in [5, 5.41) is 0. The molecule has 3 nitrogen and oxygen atoms in total. The highest BCUT2D eigenvalue weighted by Gasteiger charge is 2.33. The molecule has 0 aromatic heterocycles. The Morgan fingerprint density at radius 2 is 2.00 bits per heavy atom. The quantitative estimate of drug-likeness (QED) is 0.802. The van der Waals surface area contributed by atoms with Crippen molar-refractivity contribution in [3.8, 4) is 0 Å². The molecule has 0 bridgehead atoms. The summed E-state index contributed by atoms with van der Waals surface area (Å²) in [5.74, 6) is -0.728. The molecule has 0 radical (unpaired) electrons. The minimum atomic E-state index is -3.08. The highest BCUT2D eigenvalue weighted by atomic mass is 32.2. The van der Waals surface area contributed by atoms with E-state index in [1.807, 2.05) is 0 Å². The minimum absolute atomic E-state index is 0.0465. The molecule has 1 aromatic carbocycles. The number of rotatable bonds is 1. The summed E-state index contributed by atoms with van der Waals surface area (Å²) in [6.07, 6.45) is 0.404. The lowest BCUT2D eigenvalue weighted by atomic mass is 9.91. The lowest BCUT2D eigenvalue weighted by molar-refractivity contribution is 0.486. The smallest absolute Gasteiger partial charge is 0.151 e. The van der Waals surface area contributed by atoms with E-state index >= 15 is 0 Å². The van der Waals surface area contributed by atoms with Crippen LogP contribution in [0.3, 0.4) is 0 Å². The van der Waals surface area contributed by atoms with E-state index in [1.54, 1.807) is 18.2 Å². The van der Waals surface area contributed by atoms with E-state index in [-0.39, 0.29) is 23.4 Å². The summed E-state index contributed by atoms with van der Waals surface area (Å²) < 4.78 is 36.6.